The zero-order valence-corrected chi connectivity index (χ0v) is 9.59. The number of hydrogen-bond acceptors (Lipinski definition) is 2. The highest BCUT2D eigenvalue weighted by Crippen LogP contribution is 2.22. The predicted octanol–water partition coefficient (Wildman–Crippen LogP) is 2.64. The molecule has 0 aliphatic rings. The normalized spacial score (nSPS) is 11.5. The van der Waals surface area contributed by atoms with Gasteiger partial charge in [0.05, 0.1) is 7.11 Å². The highest BCUT2D eigenvalue weighted by atomic mass is 19.1. The first-order valence-corrected chi connectivity index (χ1v) is 5.17. The van der Waals surface area contributed by atoms with Crippen molar-refractivity contribution in [2.75, 3.05) is 7.11 Å². The van der Waals surface area contributed by atoms with E-state index in [0.29, 0.717) is 24.2 Å². The molecule has 2 N–H and O–H groups in total. The van der Waals surface area contributed by atoms with Crippen molar-refractivity contribution in [1.29, 1.82) is 0 Å². The second-order valence-corrected chi connectivity index (χ2v) is 3.46. The molecule has 0 fully saturated rings. The molecule has 2 nitrogen and oxygen atoms in total. The summed E-state index contributed by atoms with van der Waals surface area (Å²) in [4.78, 5) is 0. The van der Waals surface area contributed by atoms with Gasteiger partial charge < -0.3 is 10.5 Å². The Morgan fingerprint density at radius 3 is 2.81 bits per heavy atom. The lowest BCUT2D eigenvalue weighted by Crippen LogP contribution is -2.11. The van der Waals surface area contributed by atoms with Crippen LogP contribution in [0.2, 0.25) is 0 Å². The van der Waals surface area contributed by atoms with E-state index in [1.165, 1.54) is 13.2 Å². The van der Waals surface area contributed by atoms with E-state index in [4.69, 9.17) is 10.5 Å². The van der Waals surface area contributed by atoms with Crippen molar-refractivity contribution < 1.29 is 9.13 Å². The van der Waals surface area contributed by atoms with Gasteiger partial charge in [0, 0.05) is 24.1 Å². The van der Waals surface area contributed by atoms with Crippen LogP contribution < -0.4 is 10.5 Å². The van der Waals surface area contributed by atoms with Crippen molar-refractivity contribution in [2.24, 2.45) is 5.73 Å². The molecule has 3 heteroatoms. The Morgan fingerprint density at radius 1 is 1.50 bits per heavy atom. The van der Waals surface area contributed by atoms with Crippen molar-refractivity contribution in [1.82, 2.24) is 0 Å². The number of methoxy groups -OCH3 is 1. The lowest BCUT2D eigenvalue weighted by atomic mass is 10.0. The van der Waals surface area contributed by atoms with Crippen LogP contribution in [0.4, 0.5) is 4.39 Å². The summed E-state index contributed by atoms with van der Waals surface area (Å²) in [5.74, 6) is 5.88. The van der Waals surface area contributed by atoms with Gasteiger partial charge in [0.2, 0.25) is 0 Å². The van der Waals surface area contributed by atoms with Crippen LogP contribution in [-0.2, 0) is 0 Å². The number of hydrogen-bond donors (Lipinski definition) is 1. The molecule has 0 aliphatic heterocycles. The van der Waals surface area contributed by atoms with E-state index in [0.717, 1.165) is 0 Å². The molecular formula is C13H16FNO. The molecular weight excluding hydrogens is 205 g/mol. The first-order valence-electron chi connectivity index (χ1n) is 5.17. The van der Waals surface area contributed by atoms with E-state index in [9.17, 15) is 4.39 Å². The van der Waals surface area contributed by atoms with Crippen LogP contribution in [0.5, 0.6) is 5.75 Å². The average molecular weight is 221 g/mol. The van der Waals surface area contributed by atoms with Gasteiger partial charge in [-0.1, -0.05) is 6.07 Å². The third-order valence-corrected chi connectivity index (χ3v) is 2.36. The number of rotatable bonds is 4. The molecule has 0 saturated heterocycles. The molecule has 0 heterocycles. The van der Waals surface area contributed by atoms with Gasteiger partial charge in [-0.2, -0.15) is 0 Å². The summed E-state index contributed by atoms with van der Waals surface area (Å²) in [6, 6.07) is 4.41. The number of benzene rings is 1. The summed E-state index contributed by atoms with van der Waals surface area (Å²) in [6.45, 7) is 1.78. The summed E-state index contributed by atoms with van der Waals surface area (Å²) in [5.41, 5.74) is 6.39. The summed E-state index contributed by atoms with van der Waals surface area (Å²) in [6.07, 6.45) is 1.34. The van der Waals surface area contributed by atoms with E-state index < -0.39 is 0 Å². The summed E-state index contributed by atoms with van der Waals surface area (Å²) in [7, 11) is 1.51. The molecule has 0 radical (unpaired) electrons. The van der Waals surface area contributed by atoms with Crippen molar-refractivity contribution in [3.8, 4) is 17.6 Å². The van der Waals surface area contributed by atoms with Crippen LogP contribution in [0, 0.1) is 17.7 Å². The Kier molecular flexibility index (Phi) is 4.81. The third kappa shape index (κ3) is 3.25. The van der Waals surface area contributed by atoms with Gasteiger partial charge in [-0.25, -0.2) is 4.39 Å². The van der Waals surface area contributed by atoms with E-state index in [1.54, 1.807) is 19.1 Å². The zero-order valence-electron chi connectivity index (χ0n) is 9.59. The summed E-state index contributed by atoms with van der Waals surface area (Å²) >= 11 is 0. The highest BCUT2D eigenvalue weighted by Gasteiger charge is 2.11. The molecule has 1 atom stereocenters. The van der Waals surface area contributed by atoms with Crippen LogP contribution in [0.3, 0.4) is 0 Å². The van der Waals surface area contributed by atoms with Crippen LogP contribution in [0.15, 0.2) is 18.2 Å². The molecule has 0 aliphatic carbocycles. The lowest BCUT2D eigenvalue weighted by Gasteiger charge is -2.12. The molecule has 0 bridgehead atoms. The molecule has 1 rings (SSSR count). The molecule has 1 aromatic carbocycles. The predicted molar refractivity (Wildman–Crippen MR) is 62.6 cm³/mol. The van der Waals surface area contributed by atoms with Gasteiger partial charge >= 0.3 is 0 Å². The summed E-state index contributed by atoms with van der Waals surface area (Å²) in [5, 5.41) is 0. The fourth-order valence-corrected chi connectivity index (χ4v) is 1.44. The Bertz CT molecular complexity index is 406. The first-order chi connectivity index (χ1) is 7.69. The van der Waals surface area contributed by atoms with Gasteiger partial charge in [-0.3, -0.25) is 0 Å². The van der Waals surface area contributed by atoms with Crippen LogP contribution in [0.25, 0.3) is 0 Å². The standard InChI is InChI=1S/C13H16FNO/c1-3-4-5-6-13(15)11-8-7-10(16-2)9-12(11)14/h7-9,13H,5-6,15H2,1-2H3. The topological polar surface area (TPSA) is 35.2 Å². The largest absolute Gasteiger partial charge is 0.497 e. The molecule has 0 saturated carbocycles. The quantitative estimate of drug-likeness (QED) is 0.793. The van der Waals surface area contributed by atoms with E-state index in [-0.39, 0.29) is 11.9 Å². The number of ether oxygens (including phenoxy) is 1. The van der Waals surface area contributed by atoms with Crippen LogP contribution >= 0.6 is 0 Å². The van der Waals surface area contributed by atoms with E-state index >= 15 is 0 Å². The minimum Gasteiger partial charge on any atom is -0.497 e. The van der Waals surface area contributed by atoms with Crippen LogP contribution in [-0.4, -0.2) is 7.11 Å². The molecule has 0 aromatic heterocycles. The fraction of sp³-hybridized carbons (Fsp3) is 0.385. The molecule has 0 amide bonds. The average Bonchev–Trinajstić information content (AvgIpc) is 2.29. The number of nitrogens with two attached hydrogens (primary N) is 1. The van der Waals surface area contributed by atoms with Crippen molar-refractivity contribution in [2.45, 2.75) is 25.8 Å². The Hall–Kier alpha value is -1.53. The van der Waals surface area contributed by atoms with Crippen molar-refractivity contribution in [3.05, 3.63) is 29.6 Å². The van der Waals surface area contributed by atoms with E-state index in [1.807, 2.05) is 0 Å². The first kappa shape index (κ1) is 12.5. The maximum Gasteiger partial charge on any atom is 0.131 e. The van der Waals surface area contributed by atoms with Gasteiger partial charge in [0.1, 0.15) is 11.6 Å². The SMILES string of the molecule is CC#CCCC(N)c1ccc(OC)cc1F. The van der Waals surface area contributed by atoms with Gasteiger partial charge in [0.25, 0.3) is 0 Å². The highest BCUT2D eigenvalue weighted by molar-refractivity contribution is 5.30. The van der Waals surface area contributed by atoms with Crippen molar-refractivity contribution >= 4 is 0 Å². The monoisotopic (exact) mass is 221 g/mol. The maximum absolute atomic E-state index is 13.6. The van der Waals surface area contributed by atoms with E-state index in [2.05, 4.69) is 11.8 Å². The minimum absolute atomic E-state index is 0.313. The Labute approximate surface area is 95.6 Å². The summed E-state index contributed by atoms with van der Waals surface area (Å²) < 4.78 is 18.5. The Morgan fingerprint density at radius 2 is 2.25 bits per heavy atom. The van der Waals surface area contributed by atoms with Gasteiger partial charge in [-0.05, 0) is 19.4 Å². The molecule has 86 valence electrons. The maximum atomic E-state index is 13.6. The molecule has 1 unspecified atom stereocenters. The number of halogens is 1. The van der Waals surface area contributed by atoms with Gasteiger partial charge in [-0.15, -0.1) is 11.8 Å². The molecule has 0 spiro atoms. The molecule has 16 heavy (non-hydrogen) atoms. The van der Waals surface area contributed by atoms with Crippen LogP contribution in [0.1, 0.15) is 31.4 Å². The third-order valence-electron chi connectivity index (χ3n) is 2.36. The van der Waals surface area contributed by atoms with Crippen molar-refractivity contribution in [3.63, 3.8) is 0 Å². The smallest absolute Gasteiger partial charge is 0.131 e. The second kappa shape index (κ2) is 6.14. The zero-order chi connectivity index (χ0) is 12.0. The molecule has 1 aromatic rings. The lowest BCUT2D eigenvalue weighted by molar-refractivity contribution is 0.410. The van der Waals surface area contributed by atoms with Gasteiger partial charge in [0.15, 0.2) is 0 Å². The Balaban J connectivity index is 2.74. The second-order valence-electron chi connectivity index (χ2n) is 3.46. The minimum atomic E-state index is -0.323. The fourth-order valence-electron chi connectivity index (χ4n) is 1.44.